The van der Waals surface area contributed by atoms with E-state index in [1.54, 1.807) is 47.0 Å². The van der Waals surface area contributed by atoms with Crippen LogP contribution in [0.25, 0.3) is 22.6 Å². The molecular formula is C28H25F3N6O3S. The standard InChI is InChI=1S/C28H25F3N6O3S/c1-2-19(15-38)33-27(40)24-23(18-10-13-41-16-18)34-25-21(4-3-11-36(24)25)26(39)32-14-17-5-7-20(8-6-17)37-12-9-22(35-37)28(29,30)31/h3-13,16,19,38H,2,14-15H2,1H3,(H,32,39)(H,33,40)/t19-/m0/s1. The van der Waals surface area contributed by atoms with E-state index in [2.05, 4.69) is 20.7 Å². The Kier molecular flexibility index (Phi) is 7.90. The quantitative estimate of drug-likeness (QED) is 0.233. The number of hydrogen-bond donors (Lipinski definition) is 3. The highest BCUT2D eigenvalue weighted by molar-refractivity contribution is 7.08. The average molecular weight is 583 g/mol. The fourth-order valence-electron chi connectivity index (χ4n) is 4.26. The zero-order valence-electron chi connectivity index (χ0n) is 21.7. The number of benzene rings is 1. The van der Waals surface area contributed by atoms with Crippen molar-refractivity contribution in [2.45, 2.75) is 32.1 Å². The summed E-state index contributed by atoms with van der Waals surface area (Å²) in [4.78, 5) is 31.2. The van der Waals surface area contributed by atoms with E-state index in [0.717, 1.165) is 16.3 Å². The van der Waals surface area contributed by atoms with Gasteiger partial charge in [0.2, 0.25) is 0 Å². The summed E-state index contributed by atoms with van der Waals surface area (Å²) in [5, 5.41) is 22.5. The van der Waals surface area contributed by atoms with E-state index in [0.29, 0.717) is 29.0 Å². The lowest BCUT2D eigenvalue weighted by atomic mass is 10.1. The predicted octanol–water partition coefficient (Wildman–Crippen LogP) is 4.70. The van der Waals surface area contributed by atoms with Gasteiger partial charge in [0.1, 0.15) is 11.4 Å². The lowest BCUT2D eigenvalue weighted by Gasteiger charge is -2.14. The van der Waals surface area contributed by atoms with Gasteiger partial charge in [-0.25, -0.2) is 9.67 Å². The summed E-state index contributed by atoms with van der Waals surface area (Å²) in [5.41, 5.74) is 2.12. The van der Waals surface area contributed by atoms with Crippen LogP contribution in [0.2, 0.25) is 0 Å². The van der Waals surface area contributed by atoms with Gasteiger partial charge in [0.25, 0.3) is 11.8 Å². The van der Waals surface area contributed by atoms with Gasteiger partial charge in [0, 0.05) is 29.9 Å². The summed E-state index contributed by atoms with van der Waals surface area (Å²) in [6.45, 7) is 1.79. The lowest BCUT2D eigenvalue weighted by Crippen LogP contribution is -2.37. The number of imidazole rings is 1. The van der Waals surface area contributed by atoms with E-state index in [4.69, 9.17) is 0 Å². The second-order valence-corrected chi connectivity index (χ2v) is 9.97. The van der Waals surface area contributed by atoms with Crippen LogP contribution in [0.3, 0.4) is 0 Å². The molecule has 3 N–H and O–H groups in total. The van der Waals surface area contributed by atoms with Crippen molar-refractivity contribution in [1.29, 1.82) is 0 Å². The van der Waals surface area contributed by atoms with Crippen molar-refractivity contribution >= 4 is 28.8 Å². The number of halogens is 3. The first-order valence-electron chi connectivity index (χ1n) is 12.6. The molecule has 9 nitrogen and oxygen atoms in total. The fourth-order valence-corrected chi connectivity index (χ4v) is 4.90. The lowest BCUT2D eigenvalue weighted by molar-refractivity contribution is -0.141. The Balaban J connectivity index is 1.38. The molecule has 0 aliphatic heterocycles. The van der Waals surface area contributed by atoms with Gasteiger partial charge < -0.3 is 15.7 Å². The highest BCUT2D eigenvalue weighted by Crippen LogP contribution is 2.29. The van der Waals surface area contributed by atoms with Crippen LogP contribution in [0.4, 0.5) is 13.2 Å². The van der Waals surface area contributed by atoms with Crippen molar-refractivity contribution in [2.24, 2.45) is 0 Å². The normalized spacial score (nSPS) is 12.4. The number of hydrogen-bond acceptors (Lipinski definition) is 6. The van der Waals surface area contributed by atoms with E-state index < -0.39 is 29.7 Å². The third-order valence-corrected chi connectivity index (χ3v) is 7.17. The number of nitrogens with zero attached hydrogens (tertiary/aromatic N) is 4. The first-order valence-corrected chi connectivity index (χ1v) is 13.6. The topological polar surface area (TPSA) is 114 Å². The minimum absolute atomic E-state index is 0.146. The van der Waals surface area contributed by atoms with Crippen molar-refractivity contribution in [2.75, 3.05) is 6.61 Å². The number of aliphatic hydroxyl groups excluding tert-OH is 1. The highest BCUT2D eigenvalue weighted by atomic mass is 32.1. The van der Waals surface area contributed by atoms with Crippen LogP contribution < -0.4 is 10.6 Å². The number of rotatable bonds is 9. The van der Waals surface area contributed by atoms with Gasteiger partial charge >= 0.3 is 6.18 Å². The van der Waals surface area contributed by atoms with E-state index in [9.17, 15) is 27.9 Å². The van der Waals surface area contributed by atoms with Gasteiger partial charge in [-0.2, -0.15) is 29.6 Å². The molecule has 4 heterocycles. The first-order chi connectivity index (χ1) is 19.7. The SMILES string of the molecule is CC[C@@H](CO)NC(=O)c1c(-c2ccsc2)nc2c(C(=O)NCc3ccc(-n4ccc(C(F)(F)F)n4)cc3)cccn12. The average Bonchev–Trinajstić information content (AvgIpc) is 3.74. The summed E-state index contributed by atoms with van der Waals surface area (Å²) in [7, 11) is 0. The van der Waals surface area contributed by atoms with Crippen molar-refractivity contribution < 1.29 is 27.9 Å². The molecule has 2 amide bonds. The number of carbonyl (C=O) groups excluding carboxylic acids is 2. The van der Waals surface area contributed by atoms with Gasteiger partial charge in [-0.15, -0.1) is 0 Å². The second-order valence-electron chi connectivity index (χ2n) is 9.19. The maximum absolute atomic E-state index is 13.3. The molecule has 1 aromatic carbocycles. The van der Waals surface area contributed by atoms with Crippen molar-refractivity contribution in [3.63, 3.8) is 0 Å². The van der Waals surface area contributed by atoms with E-state index in [-0.39, 0.29) is 24.4 Å². The molecule has 41 heavy (non-hydrogen) atoms. The van der Waals surface area contributed by atoms with E-state index in [1.807, 2.05) is 23.8 Å². The monoisotopic (exact) mass is 582 g/mol. The largest absolute Gasteiger partial charge is 0.435 e. The molecule has 212 valence electrons. The third kappa shape index (κ3) is 5.86. The fraction of sp³-hybridized carbons (Fsp3) is 0.214. The van der Waals surface area contributed by atoms with E-state index >= 15 is 0 Å². The Morgan fingerprint density at radius 2 is 1.85 bits per heavy atom. The van der Waals surface area contributed by atoms with Crippen LogP contribution in [0, 0.1) is 0 Å². The number of thiophene rings is 1. The molecule has 0 saturated carbocycles. The van der Waals surface area contributed by atoms with Gasteiger partial charge in [0.05, 0.1) is 23.9 Å². The zero-order valence-corrected chi connectivity index (χ0v) is 22.5. The molecule has 0 spiro atoms. The van der Waals surface area contributed by atoms with Crippen LogP contribution in [0.1, 0.15) is 45.4 Å². The number of aliphatic hydroxyl groups is 1. The molecule has 5 aromatic rings. The van der Waals surface area contributed by atoms with Crippen LogP contribution >= 0.6 is 11.3 Å². The van der Waals surface area contributed by atoms with Crippen molar-refractivity contribution in [1.82, 2.24) is 29.8 Å². The number of fused-ring (bicyclic) bond motifs is 1. The maximum Gasteiger partial charge on any atom is 0.435 e. The van der Waals surface area contributed by atoms with Crippen LogP contribution in [-0.2, 0) is 12.7 Å². The zero-order chi connectivity index (χ0) is 29.1. The van der Waals surface area contributed by atoms with Crippen LogP contribution in [-0.4, -0.2) is 48.7 Å². The number of pyridine rings is 1. The Morgan fingerprint density at radius 3 is 2.49 bits per heavy atom. The van der Waals surface area contributed by atoms with Gasteiger partial charge in [-0.05, 0) is 53.8 Å². The molecule has 0 fully saturated rings. The Hall–Kier alpha value is -4.49. The Morgan fingerprint density at radius 1 is 1.07 bits per heavy atom. The van der Waals surface area contributed by atoms with Crippen molar-refractivity contribution in [3.8, 4) is 16.9 Å². The number of aromatic nitrogens is 4. The summed E-state index contributed by atoms with van der Waals surface area (Å²) < 4.78 is 41.3. The summed E-state index contributed by atoms with van der Waals surface area (Å²) >= 11 is 1.45. The molecule has 0 bridgehead atoms. The van der Waals surface area contributed by atoms with Gasteiger partial charge in [-0.3, -0.25) is 14.0 Å². The van der Waals surface area contributed by atoms with Gasteiger partial charge in [0.15, 0.2) is 11.3 Å². The Bertz CT molecular complexity index is 1670. The minimum Gasteiger partial charge on any atom is -0.394 e. The predicted molar refractivity (Wildman–Crippen MR) is 147 cm³/mol. The number of alkyl halides is 3. The third-order valence-electron chi connectivity index (χ3n) is 6.49. The first kappa shape index (κ1) is 28.1. The molecule has 1 atom stereocenters. The molecule has 0 unspecified atom stereocenters. The van der Waals surface area contributed by atoms with Crippen LogP contribution in [0.5, 0.6) is 0 Å². The molecule has 4 aromatic heterocycles. The van der Waals surface area contributed by atoms with Crippen LogP contribution in [0.15, 0.2) is 71.7 Å². The molecule has 0 saturated heterocycles. The molecule has 0 aliphatic carbocycles. The number of amides is 2. The maximum atomic E-state index is 13.3. The number of nitrogens with one attached hydrogen (secondary N) is 2. The number of carbonyl (C=O) groups is 2. The molecule has 13 heteroatoms. The summed E-state index contributed by atoms with van der Waals surface area (Å²) in [6.07, 6.45) is -1.10. The molecular weight excluding hydrogens is 557 g/mol. The summed E-state index contributed by atoms with van der Waals surface area (Å²) in [5.74, 6) is -0.839. The molecule has 0 radical (unpaired) electrons. The summed E-state index contributed by atoms with van der Waals surface area (Å²) in [6, 6.07) is 12.2. The Labute approximate surface area is 236 Å². The second kappa shape index (κ2) is 11.6. The molecule has 5 rings (SSSR count). The molecule has 0 aliphatic rings. The van der Waals surface area contributed by atoms with Crippen molar-refractivity contribution in [3.05, 3.63) is 94.2 Å². The van der Waals surface area contributed by atoms with Gasteiger partial charge in [-0.1, -0.05) is 19.1 Å². The minimum atomic E-state index is -4.53. The smallest absolute Gasteiger partial charge is 0.394 e. The van der Waals surface area contributed by atoms with E-state index in [1.165, 1.54) is 17.5 Å². The highest BCUT2D eigenvalue weighted by Gasteiger charge is 2.33.